The highest BCUT2D eigenvalue weighted by molar-refractivity contribution is 7.88. The molecule has 0 aliphatic heterocycles. The van der Waals surface area contributed by atoms with Crippen LogP contribution in [-0.4, -0.2) is 32.4 Å². The van der Waals surface area contributed by atoms with E-state index in [-0.39, 0.29) is 6.10 Å². The van der Waals surface area contributed by atoms with Crippen LogP contribution in [0.4, 0.5) is 4.79 Å². The third-order valence-electron chi connectivity index (χ3n) is 2.75. The number of hydrogen-bond donors (Lipinski definition) is 2. The lowest BCUT2D eigenvalue weighted by Crippen LogP contribution is -2.49. The van der Waals surface area contributed by atoms with Gasteiger partial charge in [-0.25, -0.2) is 17.9 Å². The maximum atomic E-state index is 11.1. The van der Waals surface area contributed by atoms with Crippen LogP contribution >= 0.6 is 0 Å². The summed E-state index contributed by atoms with van der Waals surface area (Å²) in [4.78, 5) is 10.5. The van der Waals surface area contributed by atoms with Crippen molar-refractivity contribution in [3.63, 3.8) is 0 Å². The minimum absolute atomic E-state index is 0.188. The maximum absolute atomic E-state index is 11.1. The van der Waals surface area contributed by atoms with Gasteiger partial charge in [0.1, 0.15) is 6.10 Å². The van der Waals surface area contributed by atoms with Gasteiger partial charge >= 0.3 is 6.09 Å². The number of ether oxygens (including phenoxy) is 1. The van der Waals surface area contributed by atoms with Gasteiger partial charge in [-0.3, -0.25) is 0 Å². The van der Waals surface area contributed by atoms with Gasteiger partial charge in [-0.05, 0) is 32.6 Å². The second-order valence-corrected chi connectivity index (χ2v) is 6.32. The summed E-state index contributed by atoms with van der Waals surface area (Å²) in [5.74, 6) is 0. The highest BCUT2D eigenvalue weighted by Crippen LogP contribution is 2.30. The summed E-state index contributed by atoms with van der Waals surface area (Å²) >= 11 is 0. The number of carbonyl (C=O) groups is 1. The molecule has 94 valence electrons. The number of nitrogens with one attached hydrogen (secondary N) is 1. The van der Waals surface area contributed by atoms with E-state index in [2.05, 4.69) is 4.72 Å². The number of primary amides is 1. The van der Waals surface area contributed by atoms with Crippen molar-refractivity contribution in [3.8, 4) is 0 Å². The van der Waals surface area contributed by atoms with Crippen LogP contribution in [0, 0.1) is 0 Å². The fourth-order valence-electron chi connectivity index (χ4n) is 2.06. The minimum Gasteiger partial charge on any atom is -0.446 e. The predicted molar refractivity (Wildman–Crippen MR) is 59.3 cm³/mol. The van der Waals surface area contributed by atoms with Crippen LogP contribution in [0.1, 0.15) is 32.6 Å². The fraction of sp³-hybridized carbons (Fsp3) is 0.889. The van der Waals surface area contributed by atoms with E-state index >= 15 is 0 Å². The molecule has 0 saturated heterocycles. The van der Waals surface area contributed by atoms with Crippen LogP contribution in [0.2, 0.25) is 0 Å². The van der Waals surface area contributed by atoms with Crippen molar-refractivity contribution in [1.29, 1.82) is 0 Å². The van der Waals surface area contributed by atoms with Crippen molar-refractivity contribution in [2.24, 2.45) is 5.73 Å². The van der Waals surface area contributed by atoms with Gasteiger partial charge in [-0.2, -0.15) is 0 Å². The molecule has 0 bridgehead atoms. The summed E-state index contributed by atoms with van der Waals surface area (Å²) in [5.41, 5.74) is 4.48. The Morgan fingerprint density at radius 1 is 1.44 bits per heavy atom. The molecule has 0 aromatic carbocycles. The van der Waals surface area contributed by atoms with E-state index in [9.17, 15) is 13.2 Å². The SMILES string of the molecule is CC1(NS(C)(=O)=O)CCC(OC(N)=O)CC1. The van der Waals surface area contributed by atoms with E-state index in [0.717, 1.165) is 6.26 Å². The molecule has 0 aromatic heterocycles. The molecular weight excluding hydrogens is 232 g/mol. The Morgan fingerprint density at radius 3 is 2.31 bits per heavy atom. The first kappa shape index (κ1) is 13.2. The van der Waals surface area contributed by atoms with E-state index in [1.165, 1.54) is 0 Å². The zero-order chi connectivity index (χ0) is 12.4. The average Bonchev–Trinajstić information content (AvgIpc) is 2.05. The first-order valence-electron chi connectivity index (χ1n) is 5.15. The molecule has 1 saturated carbocycles. The maximum Gasteiger partial charge on any atom is 0.404 e. The van der Waals surface area contributed by atoms with Gasteiger partial charge in [-0.15, -0.1) is 0 Å². The van der Waals surface area contributed by atoms with E-state index in [4.69, 9.17) is 10.5 Å². The monoisotopic (exact) mass is 250 g/mol. The van der Waals surface area contributed by atoms with Gasteiger partial charge in [0.25, 0.3) is 0 Å². The second kappa shape index (κ2) is 4.58. The van der Waals surface area contributed by atoms with Crippen molar-refractivity contribution in [1.82, 2.24) is 4.72 Å². The lowest BCUT2D eigenvalue weighted by atomic mass is 9.83. The first-order chi connectivity index (χ1) is 7.20. The molecule has 6 nitrogen and oxygen atoms in total. The molecule has 0 unspecified atom stereocenters. The molecule has 0 aromatic rings. The number of sulfonamides is 1. The van der Waals surface area contributed by atoms with Crippen molar-refractivity contribution >= 4 is 16.1 Å². The Morgan fingerprint density at radius 2 is 1.94 bits per heavy atom. The van der Waals surface area contributed by atoms with Crippen LogP contribution in [0.25, 0.3) is 0 Å². The fourth-order valence-corrected chi connectivity index (χ4v) is 3.16. The van der Waals surface area contributed by atoms with E-state index in [0.29, 0.717) is 25.7 Å². The smallest absolute Gasteiger partial charge is 0.404 e. The zero-order valence-electron chi connectivity index (χ0n) is 9.52. The van der Waals surface area contributed by atoms with Gasteiger partial charge < -0.3 is 10.5 Å². The Bertz CT molecular complexity index is 358. The van der Waals surface area contributed by atoms with Crippen molar-refractivity contribution in [2.45, 2.75) is 44.2 Å². The van der Waals surface area contributed by atoms with E-state index < -0.39 is 21.7 Å². The molecule has 16 heavy (non-hydrogen) atoms. The molecular formula is C9H18N2O4S. The summed E-state index contributed by atoms with van der Waals surface area (Å²) in [6.07, 6.45) is 2.71. The topological polar surface area (TPSA) is 98.5 Å². The van der Waals surface area contributed by atoms with Crippen LogP contribution in [0.15, 0.2) is 0 Å². The zero-order valence-corrected chi connectivity index (χ0v) is 10.3. The molecule has 1 rings (SSSR count). The second-order valence-electron chi connectivity index (χ2n) is 4.57. The number of rotatable bonds is 3. The molecule has 3 N–H and O–H groups in total. The standard InChI is InChI=1S/C9H18N2O4S/c1-9(11-16(2,13)14)5-3-7(4-6-9)15-8(10)12/h7,11H,3-6H2,1-2H3,(H2,10,12). The van der Waals surface area contributed by atoms with Gasteiger partial charge in [0.05, 0.1) is 6.26 Å². The van der Waals surface area contributed by atoms with Gasteiger partial charge in [0.2, 0.25) is 10.0 Å². The normalized spacial score (nSPS) is 31.0. The molecule has 1 aliphatic carbocycles. The first-order valence-corrected chi connectivity index (χ1v) is 7.04. The predicted octanol–water partition coefficient (Wildman–Crippen LogP) is 0.332. The minimum atomic E-state index is -3.21. The van der Waals surface area contributed by atoms with E-state index in [1.54, 1.807) is 0 Å². The van der Waals surface area contributed by atoms with Crippen molar-refractivity contribution in [3.05, 3.63) is 0 Å². The van der Waals surface area contributed by atoms with Crippen LogP contribution in [-0.2, 0) is 14.8 Å². The van der Waals surface area contributed by atoms with Gasteiger partial charge in [0, 0.05) is 5.54 Å². The summed E-state index contributed by atoms with van der Waals surface area (Å²) in [7, 11) is -3.21. The summed E-state index contributed by atoms with van der Waals surface area (Å²) < 4.78 is 29.8. The Hall–Kier alpha value is -0.820. The van der Waals surface area contributed by atoms with E-state index in [1.807, 2.05) is 6.92 Å². The van der Waals surface area contributed by atoms with Gasteiger partial charge in [-0.1, -0.05) is 0 Å². The molecule has 7 heteroatoms. The molecule has 1 aliphatic rings. The largest absolute Gasteiger partial charge is 0.446 e. The van der Waals surface area contributed by atoms with Crippen LogP contribution in [0.5, 0.6) is 0 Å². The molecule has 0 spiro atoms. The van der Waals surface area contributed by atoms with Crippen LogP contribution in [0.3, 0.4) is 0 Å². The third kappa shape index (κ3) is 4.36. The quantitative estimate of drug-likeness (QED) is 0.754. The lowest BCUT2D eigenvalue weighted by Gasteiger charge is -2.36. The highest BCUT2D eigenvalue weighted by atomic mass is 32.2. The Balaban J connectivity index is 2.50. The summed E-state index contributed by atoms with van der Waals surface area (Å²) in [6, 6.07) is 0. The summed E-state index contributed by atoms with van der Waals surface area (Å²) in [6.45, 7) is 1.86. The van der Waals surface area contributed by atoms with Crippen molar-refractivity contribution < 1.29 is 17.9 Å². The summed E-state index contributed by atoms with van der Waals surface area (Å²) in [5, 5.41) is 0. The number of nitrogens with two attached hydrogens (primary N) is 1. The van der Waals surface area contributed by atoms with Gasteiger partial charge in [0.15, 0.2) is 0 Å². The molecule has 0 radical (unpaired) electrons. The number of carbonyl (C=O) groups excluding carboxylic acids is 1. The molecule has 0 heterocycles. The molecule has 1 amide bonds. The number of hydrogen-bond acceptors (Lipinski definition) is 4. The molecule has 1 fully saturated rings. The molecule has 0 atom stereocenters. The lowest BCUT2D eigenvalue weighted by molar-refractivity contribution is 0.0648. The highest BCUT2D eigenvalue weighted by Gasteiger charge is 2.34. The number of amides is 1. The van der Waals surface area contributed by atoms with Crippen molar-refractivity contribution in [2.75, 3.05) is 6.26 Å². The average molecular weight is 250 g/mol. The Kier molecular flexibility index (Phi) is 3.80. The Labute approximate surface area is 95.6 Å². The van der Waals surface area contributed by atoms with Crippen LogP contribution < -0.4 is 10.5 Å². The third-order valence-corrected chi connectivity index (χ3v) is 3.61.